The molecule has 2 amide bonds. The van der Waals surface area contributed by atoms with Crippen molar-refractivity contribution in [2.45, 2.75) is 24.8 Å². The largest absolute Gasteiger partial charge is 0.346 e. The molecule has 0 atom stereocenters. The third-order valence-corrected chi connectivity index (χ3v) is 4.09. The molecule has 1 saturated carbocycles. The van der Waals surface area contributed by atoms with Crippen LogP contribution >= 0.6 is 15.9 Å². The van der Waals surface area contributed by atoms with Crippen molar-refractivity contribution >= 4 is 27.7 Å². The quantitative estimate of drug-likeness (QED) is 0.748. The first-order valence-electron chi connectivity index (χ1n) is 6.59. The van der Waals surface area contributed by atoms with Gasteiger partial charge in [0.05, 0.1) is 18.6 Å². The first-order chi connectivity index (χ1) is 9.55. The normalized spacial score (nSPS) is 16.1. The molecule has 0 unspecified atom stereocenters. The molecule has 2 rings (SSSR count). The van der Waals surface area contributed by atoms with Crippen molar-refractivity contribution in [2.75, 3.05) is 13.1 Å². The van der Waals surface area contributed by atoms with Crippen molar-refractivity contribution < 1.29 is 9.59 Å². The van der Waals surface area contributed by atoms with E-state index >= 15 is 0 Å². The third kappa shape index (κ3) is 3.37. The molecule has 4 N–H and O–H groups in total. The lowest BCUT2D eigenvalue weighted by Crippen LogP contribution is -2.53. The number of nitrogens with two attached hydrogens (primary N) is 1. The summed E-state index contributed by atoms with van der Waals surface area (Å²) < 4.78 is 0.993. The molecule has 5 nitrogen and oxygen atoms in total. The van der Waals surface area contributed by atoms with Gasteiger partial charge in [-0.1, -0.05) is 28.1 Å². The van der Waals surface area contributed by atoms with Crippen LogP contribution in [0.2, 0.25) is 0 Å². The van der Waals surface area contributed by atoms with E-state index in [0.29, 0.717) is 0 Å². The topological polar surface area (TPSA) is 84.2 Å². The van der Waals surface area contributed by atoms with Crippen LogP contribution in [0.25, 0.3) is 0 Å². The standard InChI is InChI=1S/C14H18BrN3O2/c15-11-4-1-3-10(7-11)14(5-2-6-14)18-13(20)9-17-12(19)8-16/h1,3-4,7H,2,5-6,8-9,16H2,(H,17,19)(H,18,20). The van der Waals surface area contributed by atoms with Gasteiger partial charge in [-0.15, -0.1) is 0 Å². The fourth-order valence-corrected chi connectivity index (χ4v) is 2.76. The summed E-state index contributed by atoms with van der Waals surface area (Å²) in [4.78, 5) is 23.0. The monoisotopic (exact) mass is 339 g/mol. The van der Waals surface area contributed by atoms with Crippen molar-refractivity contribution in [3.05, 3.63) is 34.3 Å². The van der Waals surface area contributed by atoms with E-state index in [9.17, 15) is 9.59 Å². The lowest BCUT2D eigenvalue weighted by molar-refractivity contribution is -0.127. The highest BCUT2D eigenvalue weighted by Crippen LogP contribution is 2.41. The number of hydrogen-bond donors (Lipinski definition) is 3. The van der Waals surface area contributed by atoms with E-state index in [1.807, 2.05) is 24.3 Å². The average molecular weight is 340 g/mol. The van der Waals surface area contributed by atoms with Crippen LogP contribution < -0.4 is 16.4 Å². The third-order valence-electron chi connectivity index (χ3n) is 3.59. The summed E-state index contributed by atoms with van der Waals surface area (Å²) in [7, 11) is 0. The van der Waals surface area contributed by atoms with Gasteiger partial charge in [-0.05, 0) is 37.0 Å². The van der Waals surface area contributed by atoms with Gasteiger partial charge in [-0.2, -0.15) is 0 Å². The maximum Gasteiger partial charge on any atom is 0.240 e. The summed E-state index contributed by atoms with van der Waals surface area (Å²) in [5, 5.41) is 5.52. The number of carbonyl (C=O) groups is 2. The van der Waals surface area contributed by atoms with Gasteiger partial charge in [-0.3, -0.25) is 9.59 Å². The lowest BCUT2D eigenvalue weighted by atomic mass is 9.72. The number of halogens is 1. The fourth-order valence-electron chi connectivity index (χ4n) is 2.36. The van der Waals surface area contributed by atoms with E-state index < -0.39 is 0 Å². The number of hydrogen-bond acceptors (Lipinski definition) is 3. The Kier molecular flexibility index (Phi) is 4.77. The molecule has 1 aromatic rings. The molecule has 108 valence electrons. The van der Waals surface area contributed by atoms with E-state index in [0.717, 1.165) is 29.3 Å². The van der Waals surface area contributed by atoms with Gasteiger partial charge in [0.2, 0.25) is 11.8 Å². The zero-order chi connectivity index (χ0) is 14.6. The summed E-state index contributed by atoms with van der Waals surface area (Å²) in [5.74, 6) is -0.517. The van der Waals surface area contributed by atoms with Gasteiger partial charge in [0.15, 0.2) is 0 Å². The SMILES string of the molecule is NCC(=O)NCC(=O)NC1(c2cccc(Br)c2)CCC1. The van der Waals surface area contributed by atoms with Crippen LogP contribution in [-0.4, -0.2) is 24.9 Å². The molecular weight excluding hydrogens is 322 g/mol. The van der Waals surface area contributed by atoms with Crippen molar-refractivity contribution in [1.82, 2.24) is 10.6 Å². The maximum atomic E-state index is 12.0. The van der Waals surface area contributed by atoms with Crippen LogP contribution in [0, 0.1) is 0 Å². The van der Waals surface area contributed by atoms with E-state index in [4.69, 9.17) is 5.73 Å². The predicted molar refractivity (Wildman–Crippen MR) is 79.9 cm³/mol. The van der Waals surface area contributed by atoms with Gasteiger partial charge < -0.3 is 16.4 Å². The molecule has 1 aliphatic rings. The Morgan fingerprint density at radius 2 is 2.05 bits per heavy atom. The Morgan fingerprint density at radius 1 is 1.30 bits per heavy atom. The Hall–Kier alpha value is -1.40. The van der Waals surface area contributed by atoms with Crippen LogP contribution in [0.1, 0.15) is 24.8 Å². The molecule has 0 radical (unpaired) electrons. The second kappa shape index (κ2) is 6.37. The van der Waals surface area contributed by atoms with E-state index in [1.165, 1.54) is 0 Å². The smallest absolute Gasteiger partial charge is 0.240 e. The van der Waals surface area contributed by atoms with Gasteiger partial charge >= 0.3 is 0 Å². The molecule has 0 saturated heterocycles. The van der Waals surface area contributed by atoms with Crippen LogP contribution in [0.15, 0.2) is 28.7 Å². The Morgan fingerprint density at radius 3 is 2.60 bits per heavy atom. The first kappa shape index (κ1) is 15.0. The zero-order valence-electron chi connectivity index (χ0n) is 11.1. The van der Waals surface area contributed by atoms with Crippen LogP contribution in [0.5, 0.6) is 0 Å². The van der Waals surface area contributed by atoms with E-state index in [-0.39, 0.29) is 30.4 Å². The molecular formula is C14H18BrN3O2. The van der Waals surface area contributed by atoms with Crippen molar-refractivity contribution in [3.8, 4) is 0 Å². The highest BCUT2D eigenvalue weighted by atomic mass is 79.9. The number of benzene rings is 1. The second-order valence-electron chi connectivity index (χ2n) is 4.98. The highest BCUT2D eigenvalue weighted by Gasteiger charge is 2.39. The Bertz CT molecular complexity index is 515. The zero-order valence-corrected chi connectivity index (χ0v) is 12.7. The van der Waals surface area contributed by atoms with Crippen LogP contribution in [0.3, 0.4) is 0 Å². The Labute approximate surface area is 126 Å². The summed E-state index contributed by atoms with van der Waals surface area (Å²) in [6.45, 7) is -0.143. The van der Waals surface area contributed by atoms with Gasteiger partial charge in [0, 0.05) is 4.47 Å². The molecule has 0 aromatic heterocycles. The van der Waals surface area contributed by atoms with Crippen molar-refractivity contribution in [1.29, 1.82) is 0 Å². The minimum absolute atomic E-state index is 0.0359. The summed E-state index contributed by atoms with van der Waals surface area (Å²) >= 11 is 3.45. The molecule has 20 heavy (non-hydrogen) atoms. The minimum Gasteiger partial charge on any atom is -0.346 e. The molecule has 0 bridgehead atoms. The van der Waals surface area contributed by atoms with Crippen LogP contribution in [0.4, 0.5) is 0 Å². The number of nitrogens with one attached hydrogen (secondary N) is 2. The van der Waals surface area contributed by atoms with Crippen molar-refractivity contribution in [2.24, 2.45) is 5.73 Å². The molecule has 1 fully saturated rings. The van der Waals surface area contributed by atoms with Gasteiger partial charge in [-0.25, -0.2) is 0 Å². The molecule has 1 aromatic carbocycles. The number of rotatable bonds is 5. The molecule has 0 spiro atoms. The fraction of sp³-hybridized carbons (Fsp3) is 0.429. The summed E-state index contributed by atoms with van der Waals surface area (Å²) in [5.41, 5.74) is 5.98. The van der Waals surface area contributed by atoms with Crippen molar-refractivity contribution in [3.63, 3.8) is 0 Å². The molecule has 1 aliphatic carbocycles. The van der Waals surface area contributed by atoms with Crippen LogP contribution in [-0.2, 0) is 15.1 Å². The van der Waals surface area contributed by atoms with E-state index in [2.05, 4.69) is 26.6 Å². The summed E-state index contributed by atoms with van der Waals surface area (Å²) in [6.07, 6.45) is 2.92. The predicted octanol–water partition coefficient (Wildman–Crippen LogP) is 1.02. The highest BCUT2D eigenvalue weighted by molar-refractivity contribution is 9.10. The Balaban J connectivity index is 2.01. The summed E-state index contributed by atoms with van der Waals surface area (Å²) in [6, 6.07) is 7.96. The second-order valence-corrected chi connectivity index (χ2v) is 5.89. The molecule has 0 heterocycles. The minimum atomic E-state index is -0.328. The van der Waals surface area contributed by atoms with E-state index in [1.54, 1.807) is 0 Å². The van der Waals surface area contributed by atoms with Gasteiger partial charge in [0.1, 0.15) is 0 Å². The molecule has 6 heteroatoms. The first-order valence-corrected chi connectivity index (χ1v) is 7.39. The number of amides is 2. The molecule has 0 aliphatic heterocycles. The maximum absolute atomic E-state index is 12.0. The van der Waals surface area contributed by atoms with Gasteiger partial charge in [0.25, 0.3) is 0 Å². The average Bonchev–Trinajstić information content (AvgIpc) is 2.40. The number of carbonyl (C=O) groups excluding carboxylic acids is 2. The lowest BCUT2D eigenvalue weighted by Gasteiger charge is -2.43.